The molecule has 32 heavy (non-hydrogen) atoms. The fourth-order valence-corrected chi connectivity index (χ4v) is 4.28. The number of carbonyl (C=O) groups excluding carboxylic acids is 1. The summed E-state index contributed by atoms with van der Waals surface area (Å²) in [6.45, 7) is 1.48. The Hall–Kier alpha value is -3.66. The van der Waals surface area contributed by atoms with E-state index in [4.69, 9.17) is 14.2 Å². The van der Waals surface area contributed by atoms with Gasteiger partial charge in [0.2, 0.25) is 11.7 Å². The Morgan fingerprint density at radius 3 is 2.59 bits per heavy atom. The number of methoxy groups -OCH3 is 3. The predicted octanol–water partition coefficient (Wildman–Crippen LogP) is 1.38. The molecule has 1 amide bonds. The fraction of sp³-hybridized carbons (Fsp3) is 0.364. The van der Waals surface area contributed by atoms with Crippen LogP contribution in [0.1, 0.15) is 24.5 Å². The number of nitrogens with one attached hydrogen (secondary N) is 1. The van der Waals surface area contributed by atoms with Crippen molar-refractivity contribution in [3.05, 3.63) is 47.3 Å². The molecule has 2 N–H and O–H groups in total. The van der Waals surface area contributed by atoms with Crippen LogP contribution in [0.4, 0.5) is 0 Å². The smallest absolute Gasteiger partial charge is 0.217 e. The van der Waals surface area contributed by atoms with Crippen LogP contribution in [-0.2, 0) is 11.2 Å². The number of rotatable bonds is 5. The summed E-state index contributed by atoms with van der Waals surface area (Å²) in [5.41, 5.74) is 3.86. The van der Waals surface area contributed by atoms with Crippen molar-refractivity contribution in [3.8, 4) is 17.2 Å². The molecule has 10 heteroatoms. The van der Waals surface area contributed by atoms with Gasteiger partial charge in [-0.2, -0.15) is 0 Å². The number of ether oxygens (including phenoxy) is 3. The van der Waals surface area contributed by atoms with E-state index in [2.05, 4.69) is 20.8 Å². The third-order valence-electron chi connectivity index (χ3n) is 5.62. The molecule has 2 atom stereocenters. The van der Waals surface area contributed by atoms with E-state index in [1.807, 2.05) is 12.1 Å². The number of fused-ring (bicyclic) bond motifs is 3. The van der Waals surface area contributed by atoms with Crippen molar-refractivity contribution >= 4 is 17.2 Å². The monoisotopic (exact) mass is 439 g/mol. The van der Waals surface area contributed by atoms with Crippen LogP contribution >= 0.6 is 0 Å². The third-order valence-corrected chi connectivity index (χ3v) is 5.62. The summed E-state index contributed by atoms with van der Waals surface area (Å²) < 4.78 is 18.3. The summed E-state index contributed by atoms with van der Waals surface area (Å²) >= 11 is 0. The number of hydrogen-bond acceptors (Lipinski definition) is 8. The lowest BCUT2D eigenvalue weighted by atomic mass is 9.91. The number of hydrogen-bond donors (Lipinski definition) is 2. The number of aliphatic hydroxyl groups excluding tert-OH is 1. The molecule has 0 radical (unpaired) electrons. The van der Waals surface area contributed by atoms with Gasteiger partial charge in [-0.1, -0.05) is 6.08 Å². The first-order valence-corrected chi connectivity index (χ1v) is 10.1. The molecule has 0 bridgehead atoms. The Labute approximate surface area is 185 Å². The van der Waals surface area contributed by atoms with Crippen LogP contribution in [0.3, 0.4) is 0 Å². The first-order valence-electron chi connectivity index (χ1n) is 10.1. The minimum atomic E-state index is -0.994. The Balaban J connectivity index is 1.98. The van der Waals surface area contributed by atoms with Gasteiger partial charge in [0.05, 0.1) is 33.1 Å². The number of tetrazole rings is 1. The minimum Gasteiger partial charge on any atom is -0.493 e. The van der Waals surface area contributed by atoms with Crippen molar-refractivity contribution in [1.29, 1.82) is 0 Å². The molecule has 2 aromatic rings. The van der Waals surface area contributed by atoms with Crippen molar-refractivity contribution in [2.24, 2.45) is 0 Å². The van der Waals surface area contributed by atoms with Gasteiger partial charge >= 0.3 is 0 Å². The van der Waals surface area contributed by atoms with Crippen molar-refractivity contribution in [3.63, 3.8) is 0 Å². The maximum atomic E-state index is 12.0. The number of aryl methyl sites for hydroxylation is 1. The Bertz CT molecular complexity index is 1120. The molecule has 1 aromatic carbocycles. The van der Waals surface area contributed by atoms with Crippen LogP contribution in [-0.4, -0.2) is 64.7 Å². The van der Waals surface area contributed by atoms with Gasteiger partial charge in [-0.05, 0) is 58.2 Å². The molecule has 0 saturated carbocycles. The van der Waals surface area contributed by atoms with Gasteiger partial charge < -0.3 is 24.6 Å². The summed E-state index contributed by atoms with van der Waals surface area (Å²) in [6, 6.07) is 1.61. The van der Waals surface area contributed by atoms with Crippen molar-refractivity contribution in [1.82, 2.24) is 25.5 Å². The Morgan fingerprint density at radius 2 is 1.97 bits per heavy atom. The molecule has 1 heterocycles. The van der Waals surface area contributed by atoms with E-state index in [9.17, 15) is 9.90 Å². The standard InChI is InChI=1S/C22H25N5O5/c1-12(28)24-16-7-5-13-9-19(30-2)21(31-3)22(32-4)20(13)14-6-8-17(18(29)10-15(14)16)27-11-23-25-26-27/h6,8-11,16,18,29H,5,7H2,1-4H3,(H,24,28)/t16-,18-/m0/s1. The van der Waals surface area contributed by atoms with Crippen LogP contribution in [0.25, 0.3) is 11.3 Å². The molecule has 10 nitrogen and oxygen atoms in total. The van der Waals surface area contributed by atoms with Gasteiger partial charge in [-0.25, -0.2) is 4.68 Å². The van der Waals surface area contributed by atoms with Crippen LogP contribution < -0.4 is 19.5 Å². The molecule has 0 unspecified atom stereocenters. The zero-order valence-corrected chi connectivity index (χ0v) is 18.3. The molecule has 168 valence electrons. The quantitative estimate of drug-likeness (QED) is 0.717. The second-order valence-electron chi connectivity index (χ2n) is 7.46. The van der Waals surface area contributed by atoms with Crippen molar-refractivity contribution in [2.45, 2.75) is 31.9 Å². The number of allylic oxidation sites excluding steroid dienone is 2. The summed E-state index contributed by atoms with van der Waals surface area (Å²) in [5, 5.41) is 25.2. The Morgan fingerprint density at radius 1 is 1.19 bits per heavy atom. The van der Waals surface area contributed by atoms with Gasteiger partial charge in [-0.15, -0.1) is 5.10 Å². The van der Waals surface area contributed by atoms with Crippen molar-refractivity contribution in [2.75, 3.05) is 21.3 Å². The molecule has 2 aliphatic carbocycles. The largest absolute Gasteiger partial charge is 0.493 e. The van der Waals surface area contributed by atoms with E-state index in [1.165, 1.54) is 17.9 Å². The highest BCUT2D eigenvalue weighted by Gasteiger charge is 2.33. The van der Waals surface area contributed by atoms with E-state index >= 15 is 0 Å². The molecule has 2 aliphatic rings. The maximum absolute atomic E-state index is 12.0. The Kier molecular flexibility index (Phi) is 5.95. The van der Waals surface area contributed by atoms with Crippen molar-refractivity contribution < 1.29 is 24.1 Å². The number of amides is 1. The lowest BCUT2D eigenvalue weighted by Crippen LogP contribution is -2.35. The average Bonchev–Trinajstić information content (AvgIpc) is 3.20. The number of carbonyl (C=O) groups is 1. The van der Waals surface area contributed by atoms with Crippen LogP contribution in [0.5, 0.6) is 17.2 Å². The zero-order chi connectivity index (χ0) is 22.8. The van der Waals surface area contributed by atoms with E-state index in [-0.39, 0.29) is 11.9 Å². The van der Waals surface area contributed by atoms with E-state index < -0.39 is 6.10 Å². The number of nitrogens with zero attached hydrogens (tertiary/aromatic N) is 4. The third kappa shape index (κ3) is 3.73. The SMILES string of the molecule is COc1cc2c(c(OC)c1OC)C1=CC=C(n3cnnn3)[C@@H](O)C=C1[C@@H](NC(C)=O)CC2. The summed E-state index contributed by atoms with van der Waals surface area (Å²) in [7, 11) is 4.71. The van der Waals surface area contributed by atoms with Crippen LogP contribution in [0.15, 0.2) is 36.2 Å². The topological polar surface area (TPSA) is 121 Å². The van der Waals surface area contributed by atoms with Gasteiger partial charge in [-0.3, -0.25) is 4.79 Å². The molecular weight excluding hydrogens is 414 g/mol. The van der Waals surface area contributed by atoms with Gasteiger partial charge in [0, 0.05) is 12.5 Å². The van der Waals surface area contributed by atoms with E-state index in [0.717, 1.165) is 22.3 Å². The fourth-order valence-electron chi connectivity index (χ4n) is 4.28. The second kappa shape index (κ2) is 8.83. The molecule has 1 aromatic heterocycles. The second-order valence-corrected chi connectivity index (χ2v) is 7.46. The van der Waals surface area contributed by atoms with Gasteiger partial charge in [0.1, 0.15) is 12.4 Å². The lowest BCUT2D eigenvalue weighted by molar-refractivity contribution is -0.119. The summed E-state index contributed by atoms with van der Waals surface area (Å²) in [4.78, 5) is 12.0. The van der Waals surface area contributed by atoms with Crippen LogP contribution in [0, 0.1) is 0 Å². The number of aliphatic hydroxyl groups is 1. The average molecular weight is 439 g/mol. The predicted molar refractivity (Wildman–Crippen MR) is 116 cm³/mol. The molecule has 0 saturated heterocycles. The normalized spacial score (nSPS) is 19.8. The maximum Gasteiger partial charge on any atom is 0.217 e. The molecular formula is C22H25N5O5. The molecule has 4 rings (SSSR count). The highest BCUT2D eigenvalue weighted by molar-refractivity contribution is 5.91. The van der Waals surface area contributed by atoms with E-state index in [0.29, 0.717) is 35.8 Å². The van der Waals surface area contributed by atoms with Gasteiger partial charge in [0.15, 0.2) is 11.5 Å². The number of aromatic nitrogens is 4. The lowest BCUT2D eigenvalue weighted by Gasteiger charge is -2.23. The number of benzene rings is 1. The first kappa shape index (κ1) is 21.6. The highest BCUT2D eigenvalue weighted by atomic mass is 16.5. The summed E-state index contributed by atoms with van der Waals surface area (Å²) in [5.74, 6) is 1.40. The highest BCUT2D eigenvalue weighted by Crippen LogP contribution is 2.49. The van der Waals surface area contributed by atoms with Gasteiger partial charge in [0.25, 0.3) is 0 Å². The van der Waals surface area contributed by atoms with E-state index in [1.54, 1.807) is 33.5 Å². The molecule has 0 fully saturated rings. The molecule has 0 spiro atoms. The zero-order valence-electron chi connectivity index (χ0n) is 18.3. The van der Waals surface area contributed by atoms with Crippen LogP contribution in [0.2, 0.25) is 0 Å². The first-order chi connectivity index (χ1) is 15.5. The molecule has 0 aliphatic heterocycles. The summed E-state index contributed by atoms with van der Waals surface area (Å²) in [6.07, 6.45) is 7.07. The minimum absolute atomic E-state index is 0.157.